The van der Waals surface area contributed by atoms with Crippen molar-refractivity contribution in [3.05, 3.63) is 48.7 Å². The summed E-state index contributed by atoms with van der Waals surface area (Å²) in [4.78, 5) is 25.7. The third-order valence-corrected chi connectivity index (χ3v) is 3.81. The van der Waals surface area contributed by atoms with Crippen molar-refractivity contribution in [2.24, 2.45) is 0 Å². The highest BCUT2D eigenvalue weighted by atomic mass is 16.5. The number of esters is 1. The molecule has 0 radical (unpaired) electrons. The van der Waals surface area contributed by atoms with Crippen LogP contribution in [0.25, 0.3) is 10.9 Å². The molecule has 0 saturated heterocycles. The summed E-state index contributed by atoms with van der Waals surface area (Å²) in [7, 11) is 0. The van der Waals surface area contributed by atoms with Gasteiger partial charge < -0.3 is 15.0 Å². The highest BCUT2D eigenvalue weighted by Gasteiger charge is 2.25. The number of aromatic nitrogens is 2. The normalized spacial score (nSPS) is 13.5. The van der Waals surface area contributed by atoms with Crippen LogP contribution in [-0.2, 0) is 9.59 Å². The van der Waals surface area contributed by atoms with Gasteiger partial charge in [-0.1, -0.05) is 12.1 Å². The molecule has 0 atom stereocenters. The molecule has 1 amide bonds. The number of carbonyl (C=O) groups excluding carboxylic acids is 2. The van der Waals surface area contributed by atoms with Crippen LogP contribution < -0.4 is 15.0 Å². The van der Waals surface area contributed by atoms with E-state index in [1.165, 1.54) is 0 Å². The van der Waals surface area contributed by atoms with Gasteiger partial charge in [0.15, 0.2) is 5.75 Å². The van der Waals surface area contributed by atoms with Gasteiger partial charge in [0.25, 0.3) is 0 Å². The number of fused-ring (bicyclic) bond motifs is 2. The zero-order chi connectivity index (χ0) is 16.5. The van der Waals surface area contributed by atoms with Crippen molar-refractivity contribution < 1.29 is 14.3 Å². The molecule has 1 aliphatic heterocycles. The third kappa shape index (κ3) is 2.67. The Kier molecular flexibility index (Phi) is 3.38. The fourth-order valence-electron chi connectivity index (χ4n) is 2.73. The second-order valence-electron chi connectivity index (χ2n) is 5.52. The molecule has 0 fully saturated rings. The molecule has 120 valence electrons. The van der Waals surface area contributed by atoms with Crippen molar-refractivity contribution in [1.82, 2.24) is 10.2 Å². The molecule has 0 aliphatic carbocycles. The van der Waals surface area contributed by atoms with Gasteiger partial charge in [0.2, 0.25) is 5.91 Å². The first-order chi connectivity index (χ1) is 11.7. The minimum atomic E-state index is -0.375. The molecule has 0 unspecified atom stereocenters. The van der Waals surface area contributed by atoms with Crippen molar-refractivity contribution in [2.45, 2.75) is 0 Å². The van der Waals surface area contributed by atoms with Crippen LogP contribution in [0.4, 0.5) is 11.4 Å². The molecular formula is C17H14N4O3. The largest absolute Gasteiger partial charge is 0.423 e. The number of carbonyl (C=O) groups is 2. The topological polar surface area (TPSA) is 87.3 Å². The zero-order valence-corrected chi connectivity index (χ0v) is 12.7. The van der Waals surface area contributed by atoms with Crippen molar-refractivity contribution in [1.29, 1.82) is 0 Å². The van der Waals surface area contributed by atoms with E-state index < -0.39 is 0 Å². The predicted molar refractivity (Wildman–Crippen MR) is 89.0 cm³/mol. The zero-order valence-electron chi connectivity index (χ0n) is 12.7. The number of ether oxygens (including phenoxy) is 1. The average Bonchev–Trinajstić information content (AvgIpc) is 3.02. The minimum absolute atomic E-state index is 0.0457. The summed E-state index contributed by atoms with van der Waals surface area (Å²) in [6, 6.07) is 12.7. The lowest BCUT2D eigenvalue weighted by Crippen LogP contribution is -2.41. The quantitative estimate of drug-likeness (QED) is 0.568. The van der Waals surface area contributed by atoms with Crippen molar-refractivity contribution in [2.75, 3.05) is 23.3 Å². The molecular weight excluding hydrogens is 308 g/mol. The van der Waals surface area contributed by atoms with Crippen molar-refractivity contribution >= 4 is 34.2 Å². The Morgan fingerprint density at radius 2 is 2.17 bits per heavy atom. The second kappa shape index (κ2) is 5.69. The molecule has 1 aromatic heterocycles. The third-order valence-electron chi connectivity index (χ3n) is 3.81. The molecule has 2 aromatic carbocycles. The van der Waals surface area contributed by atoms with Gasteiger partial charge in [0.05, 0.1) is 23.9 Å². The highest BCUT2D eigenvalue weighted by Crippen LogP contribution is 2.31. The molecule has 3 aromatic rings. The molecule has 4 rings (SSSR count). The molecule has 7 heteroatoms. The lowest BCUT2D eigenvalue weighted by molar-refractivity contribution is -0.133. The molecule has 1 aliphatic rings. The van der Waals surface area contributed by atoms with E-state index in [4.69, 9.17) is 4.74 Å². The highest BCUT2D eigenvalue weighted by molar-refractivity contribution is 5.97. The summed E-state index contributed by atoms with van der Waals surface area (Å²) < 4.78 is 5.18. The van der Waals surface area contributed by atoms with E-state index in [0.29, 0.717) is 11.4 Å². The van der Waals surface area contributed by atoms with Gasteiger partial charge in [-0.3, -0.25) is 9.89 Å². The lowest BCUT2D eigenvalue weighted by atomic mass is 10.2. The van der Waals surface area contributed by atoms with Crippen LogP contribution in [0.2, 0.25) is 0 Å². The molecule has 0 saturated carbocycles. The van der Waals surface area contributed by atoms with E-state index in [0.717, 1.165) is 16.6 Å². The summed E-state index contributed by atoms with van der Waals surface area (Å²) in [5.74, 6) is -0.112. The van der Waals surface area contributed by atoms with Gasteiger partial charge in [-0.05, 0) is 30.3 Å². The van der Waals surface area contributed by atoms with Crippen LogP contribution in [0.15, 0.2) is 48.7 Å². The van der Waals surface area contributed by atoms with Gasteiger partial charge in [0.1, 0.15) is 6.54 Å². The lowest BCUT2D eigenvalue weighted by Gasteiger charge is -2.29. The number of nitrogens with zero attached hydrogens (tertiary/aromatic N) is 2. The SMILES string of the molecule is O=C(CN1CC(=O)Oc2ccccc21)Nc1ccc2cn[nH]c2c1. The molecule has 2 heterocycles. The number of rotatable bonds is 3. The van der Waals surface area contributed by atoms with E-state index in [1.54, 1.807) is 23.2 Å². The van der Waals surface area contributed by atoms with E-state index in [2.05, 4.69) is 15.5 Å². The summed E-state index contributed by atoms with van der Waals surface area (Å²) in [5.41, 5.74) is 2.25. The fourth-order valence-corrected chi connectivity index (χ4v) is 2.73. The van der Waals surface area contributed by atoms with Gasteiger partial charge in [-0.25, -0.2) is 4.79 Å². The van der Waals surface area contributed by atoms with Gasteiger partial charge in [0, 0.05) is 11.1 Å². The van der Waals surface area contributed by atoms with E-state index >= 15 is 0 Å². The Morgan fingerprint density at radius 1 is 1.29 bits per heavy atom. The Balaban J connectivity index is 1.50. The first-order valence-corrected chi connectivity index (χ1v) is 7.47. The predicted octanol–water partition coefficient (Wildman–Crippen LogP) is 1.93. The Labute approximate surface area is 137 Å². The number of nitrogens with one attached hydrogen (secondary N) is 2. The Bertz CT molecular complexity index is 934. The van der Waals surface area contributed by atoms with E-state index in [1.807, 2.05) is 30.3 Å². The maximum absolute atomic E-state index is 12.3. The van der Waals surface area contributed by atoms with Gasteiger partial charge >= 0.3 is 5.97 Å². The summed E-state index contributed by atoms with van der Waals surface area (Å²) in [5, 5.41) is 10.6. The van der Waals surface area contributed by atoms with Crippen LogP contribution in [0.1, 0.15) is 0 Å². The van der Waals surface area contributed by atoms with E-state index in [9.17, 15) is 9.59 Å². The molecule has 0 spiro atoms. The molecule has 0 bridgehead atoms. The second-order valence-corrected chi connectivity index (χ2v) is 5.52. The van der Waals surface area contributed by atoms with Crippen molar-refractivity contribution in [3.63, 3.8) is 0 Å². The number of amides is 1. The first kappa shape index (κ1) is 14.3. The van der Waals surface area contributed by atoms with Crippen LogP contribution in [0, 0.1) is 0 Å². The van der Waals surface area contributed by atoms with Crippen LogP contribution >= 0.6 is 0 Å². The minimum Gasteiger partial charge on any atom is -0.423 e. The van der Waals surface area contributed by atoms with Crippen LogP contribution in [-0.4, -0.2) is 35.2 Å². The van der Waals surface area contributed by atoms with Crippen molar-refractivity contribution in [3.8, 4) is 5.75 Å². The number of para-hydroxylation sites is 2. The van der Waals surface area contributed by atoms with E-state index in [-0.39, 0.29) is 25.0 Å². The Morgan fingerprint density at radius 3 is 3.08 bits per heavy atom. The summed E-state index contributed by atoms with van der Waals surface area (Å²) >= 11 is 0. The van der Waals surface area contributed by atoms with Crippen LogP contribution in [0.5, 0.6) is 5.75 Å². The summed E-state index contributed by atoms with van der Waals surface area (Å²) in [6.45, 7) is 0.108. The number of benzene rings is 2. The maximum atomic E-state index is 12.3. The monoisotopic (exact) mass is 322 g/mol. The average molecular weight is 322 g/mol. The molecule has 2 N–H and O–H groups in total. The van der Waals surface area contributed by atoms with Crippen LogP contribution in [0.3, 0.4) is 0 Å². The number of H-pyrrole nitrogens is 1. The standard InChI is InChI=1S/C17H14N4O3/c22-16(19-12-6-5-11-8-18-20-13(11)7-12)9-21-10-17(23)24-15-4-2-1-3-14(15)21/h1-8H,9-10H2,(H,18,20)(H,19,22). The number of hydrogen-bond acceptors (Lipinski definition) is 5. The summed E-state index contributed by atoms with van der Waals surface area (Å²) in [6.07, 6.45) is 1.72. The molecule has 7 nitrogen and oxygen atoms in total. The van der Waals surface area contributed by atoms with Gasteiger partial charge in [-0.2, -0.15) is 5.10 Å². The Hall–Kier alpha value is -3.35. The first-order valence-electron chi connectivity index (χ1n) is 7.47. The fraction of sp³-hybridized carbons (Fsp3) is 0.118. The molecule has 24 heavy (non-hydrogen) atoms. The number of aromatic amines is 1. The number of anilines is 2. The maximum Gasteiger partial charge on any atom is 0.331 e. The smallest absolute Gasteiger partial charge is 0.331 e. The number of hydrogen-bond donors (Lipinski definition) is 2. The van der Waals surface area contributed by atoms with Gasteiger partial charge in [-0.15, -0.1) is 0 Å².